The van der Waals surface area contributed by atoms with Crippen LogP contribution in [-0.4, -0.2) is 53.0 Å². The fourth-order valence-corrected chi connectivity index (χ4v) is 2.66. The van der Waals surface area contributed by atoms with E-state index in [1.807, 2.05) is 0 Å². The summed E-state index contributed by atoms with van der Waals surface area (Å²) in [6, 6.07) is 2.20. The molecule has 0 aromatic carbocycles. The number of thiophene rings is 1. The van der Waals surface area contributed by atoms with Gasteiger partial charge in [-0.25, -0.2) is 4.79 Å². The van der Waals surface area contributed by atoms with Crippen molar-refractivity contribution in [2.45, 2.75) is 31.5 Å². The van der Waals surface area contributed by atoms with Gasteiger partial charge in [-0.2, -0.15) is 24.5 Å². The summed E-state index contributed by atoms with van der Waals surface area (Å²) in [4.78, 5) is 11.3. The third-order valence-corrected chi connectivity index (χ3v) is 3.74. The van der Waals surface area contributed by atoms with Gasteiger partial charge in [0, 0.05) is 13.1 Å². The number of aryl methyl sites for hydroxylation is 1. The SMILES string of the molecule is O=C(O)C(F)(F)F.O[C@@H]1CCN(CCCc2ccsc2)C1. The number of β-amino-alcohol motifs (C(OH)–C–C–N with tert-alkyl or cyclic N) is 1. The summed E-state index contributed by atoms with van der Waals surface area (Å²) in [7, 11) is 0. The van der Waals surface area contributed by atoms with Crippen LogP contribution in [0.15, 0.2) is 16.8 Å². The van der Waals surface area contributed by atoms with Crippen molar-refractivity contribution in [2.75, 3.05) is 19.6 Å². The summed E-state index contributed by atoms with van der Waals surface area (Å²) in [5, 5.41) is 20.8. The highest BCUT2D eigenvalue weighted by Crippen LogP contribution is 2.13. The predicted octanol–water partition coefficient (Wildman–Crippen LogP) is 2.38. The monoisotopic (exact) mass is 325 g/mol. The number of carboxylic acid groups (broad SMARTS) is 1. The summed E-state index contributed by atoms with van der Waals surface area (Å²) in [6.45, 7) is 3.08. The van der Waals surface area contributed by atoms with Crippen LogP contribution in [0.2, 0.25) is 0 Å². The summed E-state index contributed by atoms with van der Waals surface area (Å²) < 4.78 is 31.7. The summed E-state index contributed by atoms with van der Waals surface area (Å²) in [5.41, 5.74) is 1.45. The van der Waals surface area contributed by atoms with Crippen molar-refractivity contribution in [1.29, 1.82) is 0 Å². The van der Waals surface area contributed by atoms with Crippen LogP contribution in [-0.2, 0) is 11.2 Å². The first kappa shape index (κ1) is 17.9. The molecule has 1 aliphatic rings. The largest absolute Gasteiger partial charge is 0.490 e. The number of aliphatic carboxylic acids is 1. The van der Waals surface area contributed by atoms with Crippen LogP contribution >= 0.6 is 11.3 Å². The van der Waals surface area contributed by atoms with Gasteiger partial charge in [-0.05, 0) is 48.2 Å². The van der Waals surface area contributed by atoms with Crippen LogP contribution in [0.1, 0.15) is 18.4 Å². The third kappa shape index (κ3) is 7.45. The van der Waals surface area contributed by atoms with Crippen LogP contribution in [0.5, 0.6) is 0 Å². The van der Waals surface area contributed by atoms with Gasteiger partial charge in [-0.1, -0.05) is 0 Å². The van der Waals surface area contributed by atoms with Crippen molar-refractivity contribution in [3.05, 3.63) is 22.4 Å². The number of carbonyl (C=O) groups is 1. The topological polar surface area (TPSA) is 60.8 Å². The molecule has 1 fully saturated rings. The molecule has 1 aromatic rings. The summed E-state index contributed by atoms with van der Waals surface area (Å²) in [6.07, 6.45) is -1.81. The molecular weight excluding hydrogens is 307 g/mol. The van der Waals surface area contributed by atoms with Crippen LogP contribution in [0.25, 0.3) is 0 Å². The van der Waals surface area contributed by atoms with Gasteiger partial charge in [0.25, 0.3) is 0 Å². The van der Waals surface area contributed by atoms with E-state index < -0.39 is 12.1 Å². The molecule has 0 bridgehead atoms. The Balaban J connectivity index is 0.000000270. The van der Waals surface area contributed by atoms with Crippen LogP contribution in [0.4, 0.5) is 13.2 Å². The Morgan fingerprint density at radius 1 is 1.48 bits per heavy atom. The third-order valence-electron chi connectivity index (χ3n) is 3.01. The lowest BCUT2D eigenvalue weighted by molar-refractivity contribution is -0.192. The molecule has 1 atom stereocenters. The zero-order chi connectivity index (χ0) is 15.9. The molecule has 0 unspecified atom stereocenters. The molecule has 0 saturated carbocycles. The zero-order valence-corrected chi connectivity index (χ0v) is 12.2. The second kappa shape index (κ2) is 8.35. The molecule has 0 spiro atoms. The van der Waals surface area contributed by atoms with Crippen molar-refractivity contribution >= 4 is 17.3 Å². The Morgan fingerprint density at radius 2 is 2.14 bits per heavy atom. The number of carboxylic acids is 1. The van der Waals surface area contributed by atoms with Crippen molar-refractivity contribution < 1.29 is 28.2 Å². The van der Waals surface area contributed by atoms with Crippen LogP contribution < -0.4 is 0 Å². The predicted molar refractivity (Wildman–Crippen MR) is 73.4 cm³/mol. The van der Waals surface area contributed by atoms with Gasteiger partial charge in [-0.15, -0.1) is 0 Å². The first-order valence-corrected chi connectivity index (χ1v) is 7.45. The van der Waals surface area contributed by atoms with E-state index in [4.69, 9.17) is 9.90 Å². The minimum atomic E-state index is -5.08. The number of hydrogen-bond acceptors (Lipinski definition) is 4. The van der Waals surface area contributed by atoms with Gasteiger partial charge in [0.15, 0.2) is 0 Å². The van der Waals surface area contributed by atoms with Gasteiger partial charge in [0.2, 0.25) is 0 Å². The Kier molecular flexibility index (Phi) is 7.13. The first-order chi connectivity index (χ1) is 9.79. The van der Waals surface area contributed by atoms with Crippen molar-refractivity contribution in [1.82, 2.24) is 4.90 Å². The van der Waals surface area contributed by atoms with E-state index in [1.165, 1.54) is 18.4 Å². The molecule has 8 heteroatoms. The van der Waals surface area contributed by atoms with E-state index in [2.05, 4.69) is 21.7 Å². The quantitative estimate of drug-likeness (QED) is 0.892. The van der Waals surface area contributed by atoms with E-state index in [9.17, 15) is 18.3 Å². The van der Waals surface area contributed by atoms with Crippen LogP contribution in [0.3, 0.4) is 0 Å². The maximum atomic E-state index is 10.6. The van der Waals surface area contributed by atoms with Crippen molar-refractivity contribution in [2.24, 2.45) is 0 Å². The fourth-order valence-electron chi connectivity index (χ4n) is 1.96. The summed E-state index contributed by atoms with van der Waals surface area (Å²) in [5.74, 6) is -2.76. The zero-order valence-electron chi connectivity index (χ0n) is 11.3. The lowest BCUT2D eigenvalue weighted by Crippen LogP contribution is -2.23. The van der Waals surface area contributed by atoms with E-state index in [1.54, 1.807) is 11.3 Å². The minimum absolute atomic E-state index is 0.0730. The van der Waals surface area contributed by atoms with Crippen LogP contribution in [0, 0.1) is 0 Å². The van der Waals surface area contributed by atoms with Gasteiger partial charge >= 0.3 is 12.1 Å². The fraction of sp³-hybridized carbons (Fsp3) is 0.615. The van der Waals surface area contributed by atoms with Gasteiger partial charge in [-0.3, -0.25) is 0 Å². The number of nitrogens with zero attached hydrogens (tertiary/aromatic N) is 1. The molecule has 4 nitrogen and oxygen atoms in total. The first-order valence-electron chi connectivity index (χ1n) is 6.50. The minimum Gasteiger partial charge on any atom is -0.475 e. The normalized spacial score (nSPS) is 19.1. The Hall–Kier alpha value is -1.12. The highest BCUT2D eigenvalue weighted by molar-refractivity contribution is 7.07. The number of likely N-dealkylation sites (tertiary alicyclic amines) is 1. The number of aliphatic hydroxyl groups excluding tert-OH is 1. The lowest BCUT2D eigenvalue weighted by Gasteiger charge is -2.13. The Morgan fingerprint density at radius 3 is 2.57 bits per heavy atom. The molecule has 2 rings (SSSR count). The second-order valence-corrected chi connectivity index (χ2v) is 5.56. The average Bonchev–Trinajstić information content (AvgIpc) is 3.01. The number of alkyl halides is 3. The van der Waals surface area contributed by atoms with E-state index in [0.29, 0.717) is 0 Å². The second-order valence-electron chi connectivity index (χ2n) is 4.78. The van der Waals surface area contributed by atoms with E-state index in [0.717, 1.165) is 26.1 Å². The number of rotatable bonds is 4. The number of aliphatic hydroxyl groups is 1. The van der Waals surface area contributed by atoms with E-state index >= 15 is 0 Å². The molecule has 2 heterocycles. The van der Waals surface area contributed by atoms with Gasteiger partial charge in [0.1, 0.15) is 0 Å². The van der Waals surface area contributed by atoms with E-state index in [-0.39, 0.29) is 6.10 Å². The standard InChI is InChI=1S/C11H17NOS.C2HF3O2/c13-11-3-6-12(8-11)5-1-2-10-4-7-14-9-10;3-2(4,5)1(6)7/h4,7,9,11,13H,1-3,5-6,8H2;(H,6,7)/t11-;/m1./s1. The molecule has 1 saturated heterocycles. The molecule has 120 valence electrons. The molecule has 0 aliphatic carbocycles. The van der Waals surface area contributed by atoms with Gasteiger partial charge < -0.3 is 15.1 Å². The molecular formula is C13H18F3NO3S. The molecule has 2 N–H and O–H groups in total. The van der Waals surface area contributed by atoms with Crippen molar-refractivity contribution in [3.63, 3.8) is 0 Å². The molecule has 21 heavy (non-hydrogen) atoms. The molecule has 0 amide bonds. The number of halogens is 3. The van der Waals surface area contributed by atoms with Gasteiger partial charge in [0.05, 0.1) is 6.10 Å². The smallest absolute Gasteiger partial charge is 0.475 e. The maximum absolute atomic E-state index is 10.6. The molecule has 0 radical (unpaired) electrons. The highest BCUT2D eigenvalue weighted by atomic mass is 32.1. The average molecular weight is 325 g/mol. The molecule has 1 aliphatic heterocycles. The Bertz CT molecular complexity index is 423. The molecule has 1 aromatic heterocycles. The maximum Gasteiger partial charge on any atom is 0.490 e. The van der Waals surface area contributed by atoms with Crippen molar-refractivity contribution in [3.8, 4) is 0 Å². The number of hydrogen-bond donors (Lipinski definition) is 2. The lowest BCUT2D eigenvalue weighted by atomic mass is 10.2. The summed E-state index contributed by atoms with van der Waals surface area (Å²) >= 11 is 1.77. The Labute approximate surface area is 124 Å². The highest BCUT2D eigenvalue weighted by Gasteiger charge is 2.38.